The Morgan fingerprint density at radius 1 is 1.25 bits per heavy atom. The monoisotopic (exact) mass is 159 g/mol. The number of Topliss-reactive ketones (excluding diaryl/α,β-unsaturated/α-hetero) is 1. The van der Waals surface area contributed by atoms with E-state index in [0.29, 0.717) is 12.1 Å². The van der Waals surface area contributed by atoms with Gasteiger partial charge in [0.2, 0.25) is 0 Å². The van der Waals surface area contributed by atoms with E-state index in [1.165, 1.54) is 0 Å². The number of carbonyl (C=O) groups is 1. The van der Waals surface area contributed by atoms with Gasteiger partial charge in [-0.15, -0.1) is 0 Å². The van der Waals surface area contributed by atoms with E-state index in [-0.39, 0.29) is 5.78 Å². The smallest absolute Gasteiger partial charge is 0.190 e. The molecule has 0 amide bonds. The van der Waals surface area contributed by atoms with E-state index < -0.39 is 0 Å². The highest BCUT2D eigenvalue weighted by Crippen LogP contribution is 2.23. The highest BCUT2D eigenvalue weighted by molar-refractivity contribution is 6.18. The van der Waals surface area contributed by atoms with Crippen molar-refractivity contribution in [2.75, 3.05) is 6.54 Å². The van der Waals surface area contributed by atoms with Gasteiger partial charge in [0, 0.05) is 17.7 Å². The molecule has 1 aromatic rings. The minimum atomic E-state index is 0.0769. The lowest BCUT2D eigenvalue weighted by atomic mass is 10.1. The van der Waals surface area contributed by atoms with Crippen molar-refractivity contribution in [1.29, 1.82) is 0 Å². The summed E-state index contributed by atoms with van der Waals surface area (Å²) >= 11 is 0. The minimum Gasteiger partial charge on any atom is -0.326 e. The quantitative estimate of drug-likeness (QED) is 0.669. The molecule has 0 unspecified atom stereocenters. The van der Waals surface area contributed by atoms with Crippen LogP contribution in [0.4, 0.5) is 0 Å². The van der Waals surface area contributed by atoms with Crippen molar-refractivity contribution in [3.63, 3.8) is 0 Å². The minimum absolute atomic E-state index is 0.0769. The number of hydrogen-bond acceptors (Lipinski definition) is 2. The van der Waals surface area contributed by atoms with Gasteiger partial charge in [0.25, 0.3) is 0 Å². The molecule has 0 heterocycles. The Bertz CT molecular complexity index is 366. The third-order valence-electron chi connectivity index (χ3n) is 2.05. The van der Waals surface area contributed by atoms with Crippen LogP contribution in [-0.4, -0.2) is 12.3 Å². The Morgan fingerprint density at radius 2 is 2.00 bits per heavy atom. The van der Waals surface area contributed by atoms with E-state index in [0.717, 1.165) is 11.1 Å². The fourth-order valence-electron chi connectivity index (χ4n) is 1.41. The first-order valence-corrected chi connectivity index (χ1v) is 3.87. The van der Waals surface area contributed by atoms with Crippen molar-refractivity contribution in [3.05, 3.63) is 41.0 Å². The number of ketones is 1. The summed E-state index contributed by atoms with van der Waals surface area (Å²) in [6.45, 7) is 0.327. The Hall–Kier alpha value is -1.41. The molecule has 2 heteroatoms. The van der Waals surface area contributed by atoms with Gasteiger partial charge in [0.05, 0.1) is 0 Å². The van der Waals surface area contributed by atoms with Gasteiger partial charge in [-0.1, -0.05) is 24.3 Å². The summed E-state index contributed by atoms with van der Waals surface area (Å²) in [4.78, 5) is 11.5. The van der Waals surface area contributed by atoms with Crippen molar-refractivity contribution in [1.82, 2.24) is 0 Å². The maximum atomic E-state index is 11.5. The second kappa shape index (κ2) is 2.57. The van der Waals surface area contributed by atoms with Gasteiger partial charge in [-0.05, 0) is 11.6 Å². The molecule has 2 N–H and O–H groups in total. The number of fused-ring (bicyclic) bond motifs is 1. The molecule has 0 aromatic heterocycles. The first kappa shape index (κ1) is 7.25. The zero-order chi connectivity index (χ0) is 8.55. The molecule has 1 aliphatic carbocycles. The molecule has 0 spiro atoms. The normalized spacial score (nSPS) is 14.4. The second-order valence-electron chi connectivity index (χ2n) is 2.79. The summed E-state index contributed by atoms with van der Waals surface area (Å²) in [7, 11) is 0. The number of benzene rings is 1. The third kappa shape index (κ3) is 0.889. The van der Waals surface area contributed by atoms with Crippen LogP contribution in [0, 0.1) is 0 Å². The van der Waals surface area contributed by atoms with Gasteiger partial charge in [-0.3, -0.25) is 4.79 Å². The SMILES string of the molecule is NCC1=Cc2ccccc2C1=O. The lowest BCUT2D eigenvalue weighted by molar-refractivity contribution is 0.103. The largest absolute Gasteiger partial charge is 0.326 e. The van der Waals surface area contributed by atoms with E-state index in [1.807, 2.05) is 30.3 Å². The number of hydrogen-bond donors (Lipinski definition) is 1. The molecule has 60 valence electrons. The fourth-order valence-corrected chi connectivity index (χ4v) is 1.41. The van der Waals surface area contributed by atoms with Crippen molar-refractivity contribution in [2.45, 2.75) is 0 Å². The van der Waals surface area contributed by atoms with Crippen LogP contribution in [0.5, 0.6) is 0 Å². The fraction of sp³-hybridized carbons (Fsp3) is 0.100. The molecule has 2 rings (SSSR count). The number of rotatable bonds is 1. The molecule has 1 aromatic carbocycles. The van der Waals surface area contributed by atoms with Gasteiger partial charge in [-0.25, -0.2) is 0 Å². The van der Waals surface area contributed by atoms with E-state index in [9.17, 15) is 4.79 Å². The average molecular weight is 159 g/mol. The van der Waals surface area contributed by atoms with E-state index in [2.05, 4.69) is 0 Å². The molecule has 0 bridgehead atoms. The predicted molar refractivity (Wildman–Crippen MR) is 47.8 cm³/mol. The number of carbonyl (C=O) groups excluding carboxylic acids is 1. The Morgan fingerprint density at radius 3 is 2.67 bits per heavy atom. The van der Waals surface area contributed by atoms with Crippen LogP contribution in [-0.2, 0) is 0 Å². The molecular formula is C10H9NO. The molecule has 1 aliphatic rings. The topological polar surface area (TPSA) is 43.1 Å². The maximum Gasteiger partial charge on any atom is 0.190 e. The van der Waals surface area contributed by atoms with Crippen LogP contribution < -0.4 is 5.73 Å². The van der Waals surface area contributed by atoms with E-state index in [1.54, 1.807) is 0 Å². The standard InChI is InChI=1S/C10H9NO/c11-6-8-5-7-3-1-2-4-9(7)10(8)12/h1-5H,6,11H2. The molecular weight excluding hydrogens is 150 g/mol. The molecule has 0 saturated heterocycles. The Labute approximate surface area is 70.7 Å². The second-order valence-corrected chi connectivity index (χ2v) is 2.79. The van der Waals surface area contributed by atoms with Crippen molar-refractivity contribution >= 4 is 11.9 Å². The van der Waals surface area contributed by atoms with Gasteiger partial charge < -0.3 is 5.73 Å². The Kier molecular flexibility index (Phi) is 1.55. The molecule has 0 radical (unpaired) electrons. The third-order valence-corrected chi connectivity index (χ3v) is 2.05. The van der Waals surface area contributed by atoms with Crippen LogP contribution in [0.1, 0.15) is 15.9 Å². The molecule has 0 fully saturated rings. The van der Waals surface area contributed by atoms with E-state index in [4.69, 9.17) is 5.73 Å². The zero-order valence-electron chi connectivity index (χ0n) is 6.58. The van der Waals surface area contributed by atoms with Crippen LogP contribution in [0.15, 0.2) is 29.8 Å². The number of nitrogens with two attached hydrogens (primary N) is 1. The molecule has 0 saturated carbocycles. The van der Waals surface area contributed by atoms with Crippen LogP contribution in [0.2, 0.25) is 0 Å². The molecule has 0 atom stereocenters. The van der Waals surface area contributed by atoms with Crippen LogP contribution in [0.3, 0.4) is 0 Å². The summed E-state index contributed by atoms with van der Waals surface area (Å²) in [5.74, 6) is 0.0769. The highest BCUT2D eigenvalue weighted by Gasteiger charge is 2.19. The molecule has 0 aliphatic heterocycles. The summed E-state index contributed by atoms with van der Waals surface area (Å²) in [5, 5.41) is 0. The summed E-state index contributed by atoms with van der Waals surface area (Å²) in [6.07, 6.45) is 1.86. The Balaban J connectivity index is 2.54. The zero-order valence-corrected chi connectivity index (χ0v) is 6.58. The summed E-state index contributed by atoms with van der Waals surface area (Å²) < 4.78 is 0. The lowest BCUT2D eigenvalue weighted by Crippen LogP contribution is -2.09. The van der Waals surface area contributed by atoms with Gasteiger partial charge in [0.1, 0.15) is 0 Å². The first-order chi connectivity index (χ1) is 5.83. The summed E-state index contributed by atoms with van der Waals surface area (Å²) in [6, 6.07) is 7.54. The van der Waals surface area contributed by atoms with E-state index >= 15 is 0 Å². The predicted octanol–water partition coefficient (Wildman–Crippen LogP) is 1.23. The van der Waals surface area contributed by atoms with Crippen molar-refractivity contribution < 1.29 is 4.79 Å². The van der Waals surface area contributed by atoms with Gasteiger partial charge in [-0.2, -0.15) is 0 Å². The first-order valence-electron chi connectivity index (χ1n) is 3.87. The van der Waals surface area contributed by atoms with Crippen molar-refractivity contribution in [2.24, 2.45) is 5.73 Å². The van der Waals surface area contributed by atoms with Crippen LogP contribution in [0.25, 0.3) is 6.08 Å². The molecule has 2 nitrogen and oxygen atoms in total. The molecule has 12 heavy (non-hydrogen) atoms. The maximum absolute atomic E-state index is 11.5. The lowest BCUT2D eigenvalue weighted by Gasteiger charge is -1.94. The van der Waals surface area contributed by atoms with Gasteiger partial charge in [0.15, 0.2) is 5.78 Å². The average Bonchev–Trinajstić information content (AvgIpc) is 2.44. The highest BCUT2D eigenvalue weighted by atomic mass is 16.1. The van der Waals surface area contributed by atoms with Crippen LogP contribution >= 0.6 is 0 Å². The van der Waals surface area contributed by atoms with Gasteiger partial charge >= 0.3 is 0 Å². The van der Waals surface area contributed by atoms with Crippen molar-refractivity contribution in [3.8, 4) is 0 Å². The summed E-state index contributed by atoms with van der Waals surface area (Å²) in [5.41, 5.74) is 7.88.